The summed E-state index contributed by atoms with van der Waals surface area (Å²) in [7, 11) is 0. The maximum atomic E-state index is 11.1. The fourth-order valence-electron chi connectivity index (χ4n) is 0.899. The number of ether oxygens (including phenoxy) is 1. The summed E-state index contributed by atoms with van der Waals surface area (Å²) < 4.78 is 4.78. The van der Waals surface area contributed by atoms with Crippen LogP contribution in [0.3, 0.4) is 0 Å². The van der Waals surface area contributed by atoms with Gasteiger partial charge >= 0.3 is 5.97 Å². The van der Waals surface area contributed by atoms with Crippen LogP contribution in [-0.4, -0.2) is 23.5 Å². The molecule has 0 saturated carbocycles. The smallest absolute Gasteiger partial charge is 0.311 e. The number of esters is 1. The second kappa shape index (κ2) is 5.30. The second-order valence-electron chi connectivity index (χ2n) is 2.64. The average Bonchev–Trinajstić information content (AvgIpc) is 2.51. The summed E-state index contributed by atoms with van der Waals surface area (Å²) in [4.78, 5) is 18.9. The van der Waals surface area contributed by atoms with E-state index < -0.39 is 0 Å². The SMILES string of the molecule is CCOC(=O)Cc1csc(N=C(N)N)n1. The van der Waals surface area contributed by atoms with Crippen LogP contribution in [0.15, 0.2) is 10.4 Å². The van der Waals surface area contributed by atoms with E-state index >= 15 is 0 Å². The Balaban J connectivity index is 2.60. The number of carbonyl (C=O) groups excluding carboxylic acids is 1. The zero-order valence-electron chi connectivity index (χ0n) is 8.27. The molecule has 7 heteroatoms. The van der Waals surface area contributed by atoms with Crippen LogP contribution in [-0.2, 0) is 16.0 Å². The summed E-state index contributed by atoms with van der Waals surface area (Å²) in [6.07, 6.45) is 0.143. The van der Waals surface area contributed by atoms with Crippen LogP contribution in [0.2, 0.25) is 0 Å². The molecule has 1 aromatic heterocycles. The Labute approximate surface area is 91.0 Å². The molecule has 1 heterocycles. The van der Waals surface area contributed by atoms with Gasteiger partial charge in [0.2, 0.25) is 5.13 Å². The normalized spacial score (nSPS) is 9.67. The molecular weight excluding hydrogens is 216 g/mol. The molecule has 82 valence electrons. The van der Waals surface area contributed by atoms with Crippen molar-refractivity contribution in [3.8, 4) is 0 Å². The van der Waals surface area contributed by atoms with Crippen molar-refractivity contribution < 1.29 is 9.53 Å². The lowest BCUT2D eigenvalue weighted by Crippen LogP contribution is -2.21. The van der Waals surface area contributed by atoms with Crippen LogP contribution in [0.1, 0.15) is 12.6 Å². The van der Waals surface area contributed by atoms with E-state index in [9.17, 15) is 4.79 Å². The molecule has 0 unspecified atom stereocenters. The molecule has 0 fully saturated rings. The van der Waals surface area contributed by atoms with Crippen LogP contribution in [0.5, 0.6) is 0 Å². The molecule has 0 atom stereocenters. The minimum Gasteiger partial charge on any atom is -0.466 e. The molecule has 0 radical (unpaired) electrons. The molecular formula is C8H12N4O2S. The van der Waals surface area contributed by atoms with Crippen LogP contribution in [0.25, 0.3) is 0 Å². The Hall–Kier alpha value is -1.63. The Morgan fingerprint density at radius 1 is 1.67 bits per heavy atom. The highest BCUT2D eigenvalue weighted by atomic mass is 32.1. The Kier molecular flexibility index (Phi) is 4.04. The highest BCUT2D eigenvalue weighted by Crippen LogP contribution is 2.18. The summed E-state index contributed by atoms with van der Waals surface area (Å²) in [6, 6.07) is 0. The van der Waals surface area contributed by atoms with E-state index in [2.05, 4.69) is 9.98 Å². The third kappa shape index (κ3) is 3.94. The molecule has 0 bridgehead atoms. The summed E-state index contributed by atoms with van der Waals surface area (Å²) in [5, 5.41) is 2.16. The highest BCUT2D eigenvalue weighted by molar-refractivity contribution is 7.13. The molecule has 15 heavy (non-hydrogen) atoms. The van der Waals surface area contributed by atoms with E-state index in [1.54, 1.807) is 12.3 Å². The molecule has 0 aromatic carbocycles. The molecule has 0 aliphatic heterocycles. The first-order valence-electron chi connectivity index (χ1n) is 4.31. The number of nitrogens with zero attached hydrogens (tertiary/aromatic N) is 2. The second-order valence-corrected chi connectivity index (χ2v) is 3.48. The molecule has 1 rings (SSSR count). The molecule has 0 aliphatic rings. The molecule has 1 aromatic rings. The first kappa shape index (κ1) is 11.4. The van der Waals surface area contributed by atoms with Gasteiger partial charge in [0.05, 0.1) is 18.7 Å². The Morgan fingerprint density at radius 2 is 2.40 bits per heavy atom. The van der Waals surface area contributed by atoms with Gasteiger partial charge in [0.25, 0.3) is 0 Å². The lowest BCUT2D eigenvalue weighted by atomic mass is 10.3. The maximum absolute atomic E-state index is 11.1. The van der Waals surface area contributed by atoms with Crippen LogP contribution >= 0.6 is 11.3 Å². The van der Waals surface area contributed by atoms with Gasteiger partial charge in [-0.15, -0.1) is 11.3 Å². The lowest BCUT2D eigenvalue weighted by molar-refractivity contribution is -0.142. The predicted octanol–water partition coefficient (Wildman–Crippen LogP) is 0.154. The van der Waals surface area contributed by atoms with Crippen molar-refractivity contribution in [2.75, 3.05) is 6.61 Å². The van der Waals surface area contributed by atoms with Gasteiger partial charge in [-0.2, -0.15) is 4.99 Å². The van der Waals surface area contributed by atoms with Gasteiger partial charge in [0.1, 0.15) is 0 Å². The summed E-state index contributed by atoms with van der Waals surface area (Å²) in [5.41, 5.74) is 11.0. The van der Waals surface area contributed by atoms with Crippen molar-refractivity contribution in [3.05, 3.63) is 11.1 Å². The quantitative estimate of drug-likeness (QED) is 0.434. The fourth-order valence-corrected chi connectivity index (χ4v) is 1.60. The van der Waals surface area contributed by atoms with E-state index in [4.69, 9.17) is 16.2 Å². The number of guanidine groups is 1. The van der Waals surface area contributed by atoms with Gasteiger partial charge in [-0.1, -0.05) is 0 Å². The third-order valence-corrected chi connectivity index (χ3v) is 2.18. The van der Waals surface area contributed by atoms with Crippen LogP contribution in [0.4, 0.5) is 5.13 Å². The lowest BCUT2D eigenvalue weighted by Gasteiger charge is -1.97. The zero-order valence-corrected chi connectivity index (χ0v) is 9.08. The summed E-state index contributed by atoms with van der Waals surface area (Å²) >= 11 is 1.27. The summed E-state index contributed by atoms with van der Waals surface area (Å²) in [5.74, 6) is -0.355. The van der Waals surface area contributed by atoms with Gasteiger partial charge in [-0.25, -0.2) is 4.98 Å². The van der Waals surface area contributed by atoms with E-state index in [0.717, 1.165) is 0 Å². The number of carbonyl (C=O) groups is 1. The topological polar surface area (TPSA) is 104 Å². The first-order valence-corrected chi connectivity index (χ1v) is 5.19. The van der Waals surface area contributed by atoms with E-state index in [1.807, 2.05) is 0 Å². The van der Waals surface area contributed by atoms with E-state index in [1.165, 1.54) is 11.3 Å². The van der Waals surface area contributed by atoms with E-state index in [-0.39, 0.29) is 18.3 Å². The number of aliphatic imine (C=N–C) groups is 1. The van der Waals surface area contributed by atoms with Gasteiger partial charge in [-0.3, -0.25) is 4.79 Å². The predicted molar refractivity (Wildman–Crippen MR) is 57.9 cm³/mol. The van der Waals surface area contributed by atoms with Gasteiger partial charge in [-0.05, 0) is 6.92 Å². The van der Waals surface area contributed by atoms with Crippen molar-refractivity contribution in [3.63, 3.8) is 0 Å². The molecule has 0 amide bonds. The van der Waals surface area contributed by atoms with Crippen LogP contribution < -0.4 is 11.5 Å². The number of thiazole rings is 1. The molecule has 0 aliphatic carbocycles. The van der Waals surface area contributed by atoms with Gasteiger partial charge in [0.15, 0.2) is 5.96 Å². The zero-order chi connectivity index (χ0) is 11.3. The van der Waals surface area contributed by atoms with Crippen LogP contribution in [0, 0.1) is 0 Å². The number of nitrogens with two attached hydrogens (primary N) is 2. The number of hydrogen-bond donors (Lipinski definition) is 2. The van der Waals surface area contributed by atoms with Gasteiger partial charge in [0, 0.05) is 5.38 Å². The minimum absolute atomic E-state index is 0.0490. The standard InChI is InChI=1S/C8H12N4O2S/c1-2-14-6(13)3-5-4-15-8(11-5)12-7(9)10/h4H,2-3H2,1H3,(H4,9,10,11,12). The Morgan fingerprint density at radius 3 is 3.00 bits per heavy atom. The summed E-state index contributed by atoms with van der Waals surface area (Å²) in [6.45, 7) is 2.12. The van der Waals surface area contributed by atoms with Crippen molar-refractivity contribution in [2.24, 2.45) is 16.5 Å². The number of rotatable bonds is 4. The molecule has 0 saturated heterocycles. The largest absolute Gasteiger partial charge is 0.466 e. The third-order valence-electron chi connectivity index (χ3n) is 1.40. The Bertz CT molecular complexity index is 370. The minimum atomic E-state index is -0.306. The number of hydrogen-bond acceptors (Lipinski definition) is 5. The van der Waals surface area contributed by atoms with Gasteiger partial charge < -0.3 is 16.2 Å². The molecule has 4 N–H and O–H groups in total. The van der Waals surface area contributed by atoms with Crippen molar-refractivity contribution in [1.29, 1.82) is 0 Å². The van der Waals surface area contributed by atoms with Crippen molar-refractivity contribution in [2.45, 2.75) is 13.3 Å². The first-order chi connectivity index (χ1) is 7.11. The van der Waals surface area contributed by atoms with E-state index in [0.29, 0.717) is 17.4 Å². The molecule has 0 spiro atoms. The number of aromatic nitrogens is 1. The average molecular weight is 228 g/mol. The van der Waals surface area contributed by atoms with Crippen molar-refractivity contribution in [1.82, 2.24) is 4.98 Å². The highest BCUT2D eigenvalue weighted by Gasteiger charge is 2.07. The molecule has 6 nitrogen and oxygen atoms in total. The van der Waals surface area contributed by atoms with Crippen molar-refractivity contribution >= 4 is 28.4 Å². The monoisotopic (exact) mass is 228 g/mol. The maximum Gasteiger partial charge on any atom is 0.311 e. The fraction of sp³-hybridized carbons (Fsp3) is 0.375.